The number of rotatable bonds is 7. The number of carbonyl (C=O) groups excluding carboxylic acids is 1. The van der Waals surface area contributed by atoms with Gasteiger partial charge in [0.1, 0.15) is 5.75 Å². The van der Waals surface area contributed by atoms with Crippen molar-refractivity contribution in [2.24, 2.45) is 0 Å². The standard InChI is InChI=1S/C27H21F9N2O4/c1-37-23(39)15-3-6-22(42-2)21(10-15)20-5-4-17(25(28,29)30)9-16(20)13-38(24(40)41)12-14-7-18(26(31,32)33)11-19(8-14)27(34,35)36/h3-11H,12-13H2,1-2H3,(H,37,39)(H,40,41). The van der Waals surface area contributed by atoms with Crippen molar-refractivity contribution >= 4 is 12.0 Å². The summed E-state index contributed by atoms with van der Waals surface area (Å²) in [5, 5.41) is 12.1. The summed E-state index contributed by atoms with van der Waals surface area (Å²) >= 11 is 0. The van der Waals surface area contributed by atoms with Crippen LogP contribution in [0.2, 0.25) is 0 Å². The largest absolute Gasteiger partial charge is 0.496 e. The fraction of sp³-hybridized carbons (Fsp3) is 0.259. The molecule has 0 aliphatic carbocycles. The van der Waals surface area contributed by atoms with E-state index in [-0.39, 0.29) is 34.1 Å². The molecule has 0 unspecified atom stereocenters. The molecule has 0 bridgehead atoms. The van der Waals surface area contributed by atoms with E-state index in [0.29, 0.717) is 29.2 Å². The molecule has 2 amide bonds. The number of alkyl halides is 9. The van der Waals surface area contributed by atoms with Crippen LogP contribution >= 0.6 is 0 Å². The predicted octanol–water partition coefficient (Wildman–Crippen LogP) is 7.46. The van der Waals surface area contributed by atoms with Gasteiger partial charge in [-0.2, -0.15) is 39.5 Å². The van der Waals surface area contributed by atoms with Crippen LogP contribution in [0, 0.1) is 0 Å². The molecule has 0 saturated heterocycles. The van der Waals surface area contributed by atoms with Crippen molar-refractivity contribution in [1.82, 2.24) is 10.2 Å². The first-order chi connectivity index (χ1) is 19.3. The second-order valence-electron chi connectivity index (χ2n) is 8.92. The third-order valence-electron chi connectivity index (χ3n) is 6.06. The van der Waals surface area contributed by atoms with E-state index in [1.807, 2.05) is 0 Å². The van der Waals surface area contributed by atoms with E-state index >= 15 is 0 Å². The Morgan fingerprint density at radius 2 is 1.33 bits per heavy atom. The molecule has 0 saturated carbocycles. The molecule has 0 atom stereocenters. The lowest BCUT2D eigenvalue weighted by Gasteiger charge is -2.24. The van der Waals surface area contributed by atoms with Crippen LogP contribution < -0.4 is 10.1 Å². The number of carboxylic acid groups (broad SMARTS) is 1. The monoisotopic (exact) mass is 608 g/mol. The number of hydrogen-bond acceptors (Lipinski definition) is 3. The van der Waals surface area contributed by atoms with Gasteiger partial charge in [0, 0.05) is 31.3 Å². The highest BCUT2D eigenvalue weighted by molar-refractivity contribution is 5.96. The third-order valence-corrected chi connectivity index (χ3v) is 6.06. The van der Waals surface area contributed by atoms with Gasteiger partial charge in [0.05, 0.1) is 23.8 Å². The lowest BCUT2D eigenvalue weighted by Crippen LogP contribution is -2.29. The highest BCUT2D eigenvalue weighted by atomic mass is 19.4. The summed E-state index contributed by atoms with van der Waals surface area (Å²) in [5.74, 6) is -0.484. The first-order valence-corrected chi connectivity index (χ1v) is 11.7. The summed E-state index contributed by atoms with van der Waals surface area (Å²) in [6.45, 7) is -1.92. The minimum atomic E-state index is -5.20. The van der Waals surface area contributed by atoms with Gasteiger partial charge in [-0.15, -0.1) is 0 Å². The summed E-state index contributed by atoms with van der Waals surface area (Å²) in [7, 11) is 2.57. The number of methoxy groups -OCH3 is 1. The Bertz CT molecular complexity index is 1450. The van der Waals surface area contributed by atoms with Gasteiger partial charge >= 0.3 is 24.6 Å². The van der Waals surface area contributed by atoms with Gasteiger partial charge < -0.3 is 15.2 Å². The van der Waals surface area contributed by atoms with E-state index in [1.54, 1.807) is 0 Å². The lowest BCUT2D eigenvalue weighted by molar-refractivity contribution is -0.143. The summed E-state index contributed by atoms with van der Waals surface area (Å²) in [6.07, 6.45) is -17.1. The molecule has 15 heteroatoms. The zero-order chi connectivity index (χ0) is 31.6. The maximum atomic E-state index is 13.6. The fourth-order valence-corrected chi connectivity index (χ4v) is 4.10. The molecule has 0 aliphatic rings. The van der Waals surface area contributed by atoms with Crippen molar-refractivity contribution in [2.45, 2.75) is 31.6 Å². The second kappa shape index (κ2) is 11.8. The number of benzene rings is 3. The van der Waals surface area contributed by atoms with E-state index in [1.165, 1.54) is 32.4 Å². The molecule has 42 heavy (non-hydrogen) atoms. The maximum absolute atomic E-state index is 13.6. The van der Waals surface area contributed by atoms with Crippen LogP contribution in [0.5, 0.6) is 5.75 Å². The van der Waals surface area contributed by atoms with Gasteiger partial charge in [0.15, 0.2) is 0 Å². The second-order valence-corrected chi connectivity index (χ2v) is 8.92. The highest BCUT2D eigenvalue weighted by Crippen LogP contribution is 2.39. The van der Waals surface area contributed by atoms with Crippen LogP contribution in [0.15, 0.2) is 54.6 Å². The van der Waals surface area contributed by atoms with Crippen LogP contribution in [-0.2, 0) is 31.6 Å². The molecule has 0 aromatic heterocycles. The van der Waals surface area contributed by atoms with E-state index < -0.39 is 65.9 Å². The minimum absolute atomic E-state index is 0.0307. The van der Waals surface area contributed by atoms with Crippen molar-refractivity contribution in [1.29, 1.82) is 0 Å². The molecule has 226 valence electrons. The molecular formula is C27H21F9N2O4. The number of nitrogens with zero attached hydrogens (tertiary/aromatic N) is 1. The Morgan fingerprint density at radius 3 is 1.81 bits per heavy atom. The van der Waals surface area contributed by atoms with Crippen molar-refractivity contribution in [3.8, 4) is 16.9 Å². The number of ether oxygens (including phenoxy) is 1. The first-order valence-electron chi connectivity index (χ1n) is 11.7. The molecule has 0 fully saturated rings. The van der Waals surface area contributed by atoms with Crippen molar-refractivity contribution in [3.63, 3.8) is 0 Å². The SMILES string of the molecule is CNC(=O)c1ccc(OC)c(-c2ccc(C(F)(F)F)cc2CN(Cc2cc(C(F)(F)F)cc(C(F)(F)F)c2)C(=O)O)c1. The molecule has 3 aromatic carbocycles. The Kier molecular flexibility index (Phi) is 9.03. The average molecular weight is 608 g/mol. The maximum Gasteiger partial charge on any atom is 0.416 e. The summed E-state index contributed by atoms with van der Waals surface area (Å²) in [6, 6.07) is 6.79. The van der Waals surface area contributed by atoms with Crippen molar-refractivity contribution in [2.75, 3.05) is 14.2 Å². The quantitative estimate of drug-likeness (QED) is 0.273. The van der Waals surface area contributed by atoms with Crippen LogP contribution in [0.1, 0.15) is 38.2 Å². The Morgan fingerprint density at radius 1 is 0.762 bits per heavy atom. The molecule has 2 N–H and O–H groups in total. The van der Waals surface area contributed by atoms with Crippen LogP contribution in [0.4, 0.5) is 44.3 Å². The molecule has 0 radical (unpaired) electrons. The summed E-state index contributed by atoms with van der Waals surface area (Å²) in [5.41, 5.74) is -5.48. The van der Waals surface area contributed by atoms with Crippen LogP contribution in [-0.4, -0.2) is 36.2 Å². The first kappa shape index (κ1) is 32.1. The average Bonchev–Trinajstić information content (AvgIpc) is 2.90. The van der Waals surface area contributed by atoms with Gasteiger partial charge in [0.25, 0.3) is 5.91 Å². The number of hydrogen-bond donors (Lipinski definition) is 2. The topological polar surface area (TPSA) is 78.9 Å². The molecule has 0 spiro atoms. The molecule has 6 nitrogen and oxygen atoms in total. The summed E-state index contributed by atoms with van der Waals surface area (Å²) in [4.78, 5) is 24.6. The Labute approximate surface area is 232 Å². The minimum Gasteiger partial charge on any atom is -0.496 e. The normalized spacial score (nSPS) is 12.2. The van der Waals surface area contributed by atoms with E-state index in [4.69, 9.17) is 4.74 Å². The van der Waals surface area contributed by atoms with Gasteiger partial charge in [-0.05, 0) is 65.2 Å². The van der Waals surface area contributed by atoms with Gasteiger partial charge in [-0.25, -0.2) is 4.79 Å². The zero-order valence-electron chi connectivity index (χ0n) is 21.6. The lowest BCUT2D eigenvalue weighted by atomic mass is 9.94. The Hall–Kier alpha value is -4.43. The van der Waals surface area contributed by atoms with Gasteiger partial charge in [0.2, 0.25) is 0 Å². The van der Waals surface area contributed by atoms with Crippen molar-refractivity contribution in [3.05, 3.63) is 88.0 Å². The molecule has 3 rings (SSSR count). The van der Waals surface area contributed by atoms with E-state index in [0.717, 1.165) is 6.07 Å². The van der Waals surface area contributed by atoms with Crippen molar-refractivity contribution < 1.29 is 58.9 Å². The third kappa shape index (κ3) is 7.44. The molecule has 3 aromatic rings. The number of amides is 2. The predicted molar refractivity (Wildman–Crippen MR) is 131 cm³/mol. The number of nitrogens with one attached hydrogen (secondary N) is 1. The van der Waals surface area contributed by atoms with Gasteiger partial charge in [-0.3, -0.25) is 9.69 Å². The molecule has 0 aliphatic heterocycles. The van der Waals surface area contributed by atoms with E-state index in [9.17, 15) is 54.2 Å². The van der Waals surface area contributed by atoms with E-state index in [2.05, 4.69) is 5.32 Å². The molecular weight excluding hydrogens is 587 g/mol. The highest BCUT2D eigenvalue weighted by Gasteiger charge is 2.37. The number of carbonyl (C=O) groups is 2. The zero-order valence-corrected chi connectivity index (χ0v) is 21.6. The Balaban J connectivity index is 2.18. The fourth-order valence-electron chi connectivity index (χ4n) is 4.10. The summed E-state index contributed by atoms with van der Waals surface area (Å²) < 4.78 is 126. The smallest absolute Gasteiger partial charge is 0.416 e. The van der Waals surface area contributed by atoms with Crippen LogP contribution in [0.25, 0.3) is 11.1 Å². The molecule has 0 heterocycles. The van der Waals surface area contributed by atoms with Gasteiger partial charge in [-0.1, -0.05) is 6.07 Å². The number of halogens is 9. The van der Waals surface area contributed by atoms with Crippen LogP contribution in [0.3, 0.4) is 0 Å².